The Morgan fingerprint density at radius 3 is 2.88 bits per heavy atom. The molecule has 6 heteroatoms. The van der Waals surface area contributed by atoms with Crippen molar-refractivity contribution >= 4 is 17.4 Å². The second kappa shape index (κ2) is 4.98. The van der Waals surface area contributed by atoms with Gasteiger partial charge in [0.1, 0.15) is 17.9 Å². The zero-order valence-corrected chi connectivity index (χ0v) is 9.11. The molecule has 1 amide bonds. The third-order valence-electron chi connectivity index (χ3n) is 2.04. The second-order valence-electron chi connectivity index (χ2n) is 3.23. The molecule has 0 aliphatic rings. The molecule has 0 radical (unpaired) electrons. The van der Waals surface area contributed by atoms with Crippen molar-refractivity contribution in [1.29, 1.82) is 5.26 Å². The van der Waals surface area contributed by atoms with Crippen LogP contribution in [0, 0.1) is 11.3 Å². The molecule has 84 valence electrons. The quantitative estimate of drug-likeness (QED) is 0.668. The Hall–Kier alpha value is -2.29. The predicted octanol–water partition coefficient (Wildman–Crippen LogP) is 0.0819. The summed E-state index contributed by atoms with van der Waals surface area (Å²) in [5.41, 5.74) is 5.99. The molecule has 0 aliphatic carbocycles. The Balaban J connectivity index is 2.83. The van der Waals surface area contributed by atoms with Gasteiger partial charge in [0.2, 0.25) is 5.91 Å². The monoisotopic (exact) mass is 219 g/mol. The molecule has 0 saturated carbocycles. The number of likely N-dealkylation sites (N-methyl/N-ethyl adjacent to an activating group) is 1. The maximum atomic E-state index is 11.2. The van der Waals surface area contributed by atoms with Crippen LogP contribution >= 0.6 is 0 Å². The number of carbonyl (C=O) groups excluding carboxylic acids is 1. The van der Waals surface area contributed by atoms with Gasteiger partial charge in [0.15, 0.2) is 5.69 Å². The average molecular weight is 219 g/mol. The summed E-state index contributed by atoms with van der Waals surface area (Å²) >= 11 is 0. The van der Waals surface area contributed by atoms with Crippen molar-refractivity contribution in [3.63, 3.8) is 0 Å². The fourth-order valence-corrected chi connectivity index (χ4v) is 1.14. The molecule has 1 heterocycles. The minimum Gasteiger partial charge on any atom is -0.396 e. The largest absolute Gasteiger partial charge is 0.396 e. The van der Waals surface area contributed by atoms with Crippen molar-refractivity contribution < 1.29 is 4.79 Å². The summed E-state index contributed by atoms with van der Waals surface area (Å²) < 4.78 is 0. The smallest absolute Gasteiger partial charge is 0.241 e. The van der Waals surface area contributed by atoms with Crippen molar-refractivity contribution in [1.82, 2.24) is 10.3 Å². The van der Waals surface area contributed by atoms with E-state index in [9.17, 15) is 4.79 Å². The number of nitrogen functional groups attached to an aromatic ring is 1. The van der Waals surface area contributed by atoms with Crippen LogP contribution in [0.15, 0.2) is 12.1 Å². The molecule has 0 aromatic carbocycles. The summed E-state index contributed by atoms with van der Waals surface area (Å²) in [4.78, 5) is 15.2. The average Bonchev–Trinajstić information content (AvgIpc) is 2.30. The van der Waals surface area contributed by atoms with Crippen LogP contribution in [0.1, 0.15) is 12.6 Å². The third-order valence-corrected chi connectivity index (χ3v) is 2.04. The van der Waals surface area contributed by atoms with Crippen LogP contribution in [0.2, 0.25) is 0 Å². The van der Waals surface area contributed by atoms with Gasteiger partial charge in [0.05, 0.1) is 5.69 Å². The van der Waals surface area contributed by atoms with Gasteiger partial charge in [-0.25, -0.2) is 4.98 Å². The van der Waals surface area contributed by atoms with Gasteiger partial charge in [-0.1, -0.05) is 0 Å². The number of hydrogen-bond donors (Lipinski definition) is 3. The van der Waals surface area contributed by atoms with Crippen LogP contribution in [0.3, 0.4) is 0 Å². The van der Waals surface area contributed by atoms with Gasteiger partial charge in [-0.3, -0.25) is 4.79 Å². The standard InChI is InChI=1S/C10H13N5O/c1-6(10(16)13-2)14-9-4-3-7(12)8(5-11)15-9/h3-4,6H,12H2,1-2H3,(H,13,16)(H,14,15). The first-order valence-corrected chi connectivity index (χ1v) is 4.73. The van der Waals surface area contributed by atoms with Crippen LogP contribution in [0.4, 0.5) is 11.5 Å². The van der Waals surface area contributed by atoms with Crippen LogP contribution in [0.25, 0.3) is 0 Å². The molecule has 1 unspecified atom stereocenters. The number of nitrogens with one attached hydrogen (secondary N) is 2. The number of nitriles is 1. The molecule has 0 fully saturated rings. The molecule has 6 nitrogen and oxygen atoms in total. The molecule has 0 bridgehead atoms. The molecule has 0 spiro atoms. The van der Waals surface area contributed by atoms with E-state index in [4.69, 9.17) is 11.0 Å². The summed E-state index contributed by atoms with van der Waals surface area (Å²) in [6.45, 7) is 1.70. The first kappa shape index (κ1) is 11.8. The molecule has 0 saturated heterocycles. The third kappa shape index (κ3) is 2.60. The first-order chi connectivity index (χ1) is 7.58. The van der Waals surface area contributed by atoms with Crippen molar-refractivity contribution in [2.24, 2.45) is 0 Å². The Morgan fingerprint density at radius 1 is 1.62 bits per heavy atom. The zero-order chi connectivity index (χ0) is 12.1. The molecule has 1 rings (SSSR count). The van der Waals surface area contributed by atoms with Crippen LogP contribution in [-0.2, 0) is 4.79 Å². The molecule has 1 aromatic rings. The minimum atomic E-state index is -0.423. The fourth-order valence-electron chi connectivity index (χ4n) is 1.14. The highest BCUT2D eigenvalue weighted by atomic mass is 16.2. The fraction of sp³-hybridized carbons (Fsp3) is 0.300. The molecular formula is C10H13N5O. The van der Waals surface area contributed by atoms with E-state index >= 15 is 0 Å². The number of hydrogen-bond acceptors (Lipinski definition) is 5. The van der Waals surface area contributed by atoms with Gasteiger partial charge in [-0.05, 0) is 19.1 Å². The molecular weight excluding hydrogens is 206 g/mol. The SMILES string of the molecule is CNC(=O)C(C)Nc1ccc(N)c(C#N)n1. The van der Waals surface area contributed by atoms with E-state index in [2.05, 4.69) is 15.6 Å². The Kier molecular flexibility index (Phi) is 3.67. The first-order valence-electron chi connectivity index (χ1n) is 4.73. The molecule has 4 N–H and O–H groups in total. The number of nitrogens with zero attached hydrogens (tertiary/aromatic N) is 2. The van der Waals surface area contributed by atoms with E-state index in [0.29, 0.717) is 11.5 Å². The molecule has 0 aliphatic heterocycles. The lowest BCUT2D eigenvalue weighted by atomic mass is 10.3. The zero-order valence-electron chi connectivity index (χ0n) is 9.11. The van der Waals surface area contributed by atoms with E-state index in [0.717, 1.165) is 0 Å². The lowest BCUT2D eigenvalue weighted by Crippen LogP contribution is -2.35. The number of aromatic nitrogens is 1. The summed E-state index contributed by atoms with van der Waals surface area (Å²) in [6, 6.07) is 4.65. The second-order valence-corrected chi connectivity index (χ2v) is 3.23. The van der Waals surface area contributed by atoms with Gasteiger partial charge in [0, 0.05) is 7.05 Å². The van der Waals surface area contributed by atoms with Gasteiger partial charge in [-0.2, -0.15) is 5.26 Å². The van der Waals surface area contributed by atoms with Crippen molar-refractivity contribution in [3.05, 3.63) is 17.8 Å². The Bertz CT molecular complexity index is 437. The van der Waals surface area contributed by atoms with Crippen molar-refractivity contribution in [3.8, 4) is 6.07 Å². The number of pyridine rings is 1. The minimum absolute atomic E-state index is 0.147. The Labute approximate surface area is 93.5 Å². The highest BCUT2D eigenvalue weighted by Crippen LogP contribution is 2.12. The number of nitrogens with two attached hydrogens (primary N) is 1. The lowest BCUT2D eigenvalue weighted by molar-refractivity contribution is -0.121. The highest BCUT2D eigenvalue weighted by molar-refractivity contribution is 5.83. The van der Waals surface area contributed by atoms with E-state index in [1.165, 1.54) is 0 Å². The van der Waals surface area contributed by atoms with Crippen LogP contribution < -0.4 is 16.4 Å². The van der Waals surface area contributed by atoms with Gasteiger partial charge in [0.25, 0.3) is 0 Å². The topological polar surface area (TPSA) is 104 Å². The van der Waals surface area contributed by atoms with Gasteiger partial charge < -0.3 is 16.4 Å². The maximum absolute atomic E-state index is 11.2. The Morgan fingerprint density at radius 2 is 2.31 bits per heavy atom. The van der Waals surface area contributed by atoms with E-state index in [1.54, 1.807) is 26.1 Å². The molecule has 1 aromatic heterocycles. The number of anilines is 2. The molecule has 16 heavy (non-hydrogen) atoms. The maximum Gasteiger partial charge on any atom is 0.241 e. The van der Waals surface area contributed by atoms with E-state index in [1.807, 2.05) is 6.07 Å². The normalized spacial score (nSPS) is 11.3. The van der Waals surface area contributed by atoms with E-state index in [-0.39, 0.29) is 11.6 Å². The van der Waals surface area contributed by atoms with Gasteiger partial charge >= 0.3 is 0 Å². The summed E-state index contributed by atoms with van der Waals surface area (Å²) in [7, 11) is 1.55. The number of rotatable bonds is 3. The predicted molar refractivity (Wildman–Crippen MR) is 60.5 cm³/mol. The highest BCUT2D eigenvalue weighted by Gasteiger charge is 2.11. The van der Waals surface area contributed by atoms with Crippen LogP contribution in [0.5, 0.6) is 0 Å². The number of amides is 1. The van der Waals surface area contributed by atoms with Crippen molar-refractivity contribution in [2.45, 2.75) is 13.0 Å². The van der Waals surface area contributed by atoms with E-state index < -0.39 is 6.04 Å². The summed E-state index contributed by atoms with van der Waals surface area (Å²) in [5.74, 6) is 0.291. The summed E-state index contributed by atoms with van der Waals surface area (Å²) in [5, 5.41) is 14.1. The van der Waals surface area contributed by atoms with Crippen molar-refractivity contribution in [2.75, 3.05) is 18.1 Å². The summed E-state index contributed by atoms with van der Waals surface area (Å²) in [6.07, 6.45) is 0. The molecule has 1 atom stereocenters. The number of carbonyl (C=O) groups is 1. The lowest BCUT2D eigenvalue weighted by Gasteiger charge is -2.13. The van der Waals surface area contributed by atoms with Crippen LogP contribution in [-0.4, -0.2) is 24.0 Å². The van der Waals surface area contributed by atoms with Gasteiger partial charge in [-0.15, -0.1) is 0 Å².